The molecule has 0 amide bonds. The predicted octanol–water partition coefficient (Wildman–Crippen LogP) is 2.81. The molecule has 0 bridgehead atoms. The van der Waals surface area contributed by atoms with Gasteiger partial charge in [-0.2, -0.15) is 0 Å². The van der Waals surface area contributed by atoms with Gasteiger partial charge in [-0.05, 0) is 20.3 Å². The number of hydrogen-bond acceptors (Lipinski definition) is 1. The van der Waals surface area contributed by atoms with Gasteiger partial charge in [0.1, 0.15) is 0 Å². The second-order valence-electron chi connectivity index (χ2n) is 3.47. The molecule has 0 aromatic carbocycles. The number of hydrogen-bond donors (Lipinski definition) is 0. The molecule has 0 aromatic heterocycles. The van der Waals surface area contributed by atoms with E-state index in [1.807, 2.05) is 0 Å². The highest BCUT2D eigenvalue weighted by Gasteiger charge is 2.36. The van der Waals surface area contributed by atoms with Gasteiger partial charge in [0.05, 0.1) is 0 Å². The van der Waals surface area contributed by atoms with Crippen LogP contribution in [0.25, 0.3) is 0 Å². The van der Waals surface area contributed by atoms with Crippen molar-refractivity contribution in [3.8, 4) is 0 Å². The largest absolute Gasteiger partial charge is 0.369 e. The lowest BCUT2D eigenvalue weighted by Gasteiger charge is -2.50. The molecule has 0 aromatic rings. The molecule has 1 heterocycles. The van der Waals surface area contributed by atoms with Crippen LogP contribution in [0, 0.1) is 0 Å². The summed E-state index contributed by atoms with van der Waals surface area (Å²) in [4.78, 5) is 2.43. The maximum atomic E-state index is 3.98. The van der Waals surface area contributed by atoms with E-state index in [-0.39, 0.29) is 0 Å². The van der Waals surface area contributed by atoms with Crippen molar-refractivity contribution in [1.29, 1.82) is 0 Å². The van der Waals surface area contributed by atoms with E-state index in [2.05, 4.69) is 54.8 Å². The Morgan fingerprint density at radius 2 is 2.27 bits per heavy atom. The Bertz CT molecular complexity index is 165. The summed E-state index contributed by atoms with van der Waals surface area (Å²) in [5, 5.41) is 0. The van der Waals surface area contributed by atoms with Crippen LogP contribution in [0.3, 0.4) is 0 Å². The third-order valence-electron chi connectivity index (χ3n) is 2.39. The Morgan fingerprint density at radius 3 is 2.45 bits per heavy atom. The fourth-order valence-electron chi connectivity index (χ4n) is 1.83. The Labute approximate surface area is 83.0 Å². The second-order valence-corrected chi connectivity index (χ2v) is 5.44. The van der Waals surface area contributed by atoms with Crippen molar-refractivity contribution in [3.05, 3.63) is 12.3 Å². The molecule has 0 spiro atoms. The molecule has 0 aliphatic carbocycles. The van der Waals surface area contributed by atoms with Gasteiger partial charge in [0.25, 0.3) is 0 Å². The standard InChI is InChI=1S/C9H16IN/c1-6(2)11-7(3)5-9(11)8(4)10/h7-9H,1,5H2,2-4H3. The fourth-order valence-corrected chi connectivity index (χ4v) is 2.47. The number of halogens is 1. The Balaban J connectivity index is 2.55. The summed E-state index contributed by atoms with van der Waals surface area (Å²) in [6.45, 7) is 10.6. The molecule has 3 atom stereocenters. The first-order valence-corrected chi connectivity index (χ1v) is 5.36. The van der Waals surface area contributed by atoms with Crippen LogP contribution < -0.4 is 0 Å². The van der Waals surface area contributed by atoms with E-state index in [1.165, 1.54) is 12.1 Å². The minimum Gasteiger partial charge on any atom is -0.369 e. The molecular formula is C9H16IN. The minimum absolute atomic E-state index is 0.717. The molecule has 1 aliphatic rings. The summed E-state index contributed by atoms with van der Waals surface area (Å²) in [7, 11) is 0. The molecule has 0 N–H and O–H groups in total. The van der Waals surface area contributed by atoms with Gasteiger partial charge in [-0.3, -0.25) is 0 Å². The number of likely N-dealkylation sites (tertiary alicyclic amines) is 1. The average molecular weight is 265 g/mol. The van der Waals surface area contributed by atoms with E-state index in [9.17, 15) is 0 Å². The maximum absolute atomic E-state index is 3.98. The number of alkyl halides is 1. The van der Waals surface area contributed by atoms with Crippen molar-refractivity contribution in [2.75, 3.05) is 0 Å². The van der Waals surface area contributed by atoms with E-state index in [1.54, 1.807) is 0 Å². The zero-order valence-corrected chi connectivity index (χ0v) is 9.63. The number of allylic oxidation sites excluding steroid dienone is 1. The Hall–Kier alpha value is 0.270. The van der Waals surface area contributed by atoms with Gasteiger partial charge < -0.3 is 4.90 Å². The lowest BCUT2D eigenvalue weighted by Crippen LogP contribution is -2.56. The van der Waals surface area contributed by atoms with Gasteiger partial charge in [-0.1, -0.05) is 36.1 Å². The van der Waals surface area contributed by atoms with Crippen molar-refractivity contribution in [1.82, 2.24) is 4.90 Å². The van der Waals surface area contributed by atoms with Crippen LogP contribution in [0.2, 0.25) is 0 Å². The van der Waals surface area contributed by atoms with Crippen LogP contribution in [0.4, 0.5) is 0 Å². The monoisotopic (exact) mass is 265 g/mol. The second kappa shape index (κ2) is 3.33. The smallest absolute Gasteiger partial charge is 0.0424 e. The van der Waals surface area contributed by atoms with Crippen LogP contribution in [0.1, 0.15) is 27.2 Å². The molecule has 1 saturated heterocycles. The molecule has 1 nitrogen and oxygen atoms in total. The zero-order chi connectivity index (χ0) is 8.59. The van der Waals surface area contributed by atoms with Crippen LogP contribution in [-0.2, 0) is 0 Å². The van der Waals surface area contributed by atoms with E-state index in [0.29, 0.717) is 0 Å². The summed E-state index contributed by atoms with van der Waals surface area (Å²) >= 11 is 2.50. The maximum Gasteiger partial charge on any atom is 0.0424 e. The molecule has 0 saturated carbocycles. The van der Waals surface area contributed by atoms with Crippen LogP contribution in [-0.4, -0.2) is 20.9 Å². The molecule has 64 valence electrons. The highest BCUT2D eigenvalue weighted by atomic mass is 127. The van der Waals surface area contributed by atoms with E-state index in [0.717, 1.165) is 16.0 Å². The SMILES string of the molecule is C=C(C)N1C(C)CC1C(C)I. The number of rotatable bonds is 2. The lowest BCUT2D eigenvalue weighted by molar-refractivity contribution is 0.0706. The molecular weight excluding hydrogens is 249 g/mol. The minimum atomic E-state index is 0.717. The van der Waals surface area contributed by atoms with Crippen LogP contribution >= 0.6 is 22.6 Å². The van der Waals surface area contributed by atoms with Crippen molar-refractivity contribution in [2.24, 2.45) is 0 Å². The Kier molecular flexibility index (Phi) is 2.84. The summed E-state index contributed by atoms with van der Waals surface area (Å²) < 4.78 is 0.737. The Morgan fingerprint density at radius 1 is 1.73 bits per heavy atom. The first-order valence-electron chi connectivity index (χ1n) is 4.12. The molecule has 2 heteroatoms. The van der Waals surface area contributed by atoms with Gasteiger partial charge in [0, 0.05) is 21.7 Å². The molecule has 3 unspecified atom stereocenters. The molecule has 1 aliphatic heterocycles. The van der Waals surface area contributed by atoms with Crippen molar-refractivity contribution < 1.29 is 0 Å². The number of nitrogens with zero attached hydrogens (tertiary/aromatic N) is 1. The molecule has 0 radical (unpaired) electrons. The normalized spacial score (nSPS) is 32.9. The molecule has 1 fully saturated rings. The van der Waals surface area contributed by atoms with Gasteiger partial charge in [-0.25, -0.2) is 0 Å². The van der Waals surface area contributed by atoms with Gasteiger partial charge >= 0.3 is 0 Å². The highest BCUT2D eigenvalue weighted by molar-refractivity contribution is 14.1. The summed E-state index contributed by atoms with van der Waals surface area (Å²) in [5.41, 5.74) is 1.22. The van der Waals surface area contributed by atoms with Gasteiger partial charge in [0.2, 0.25) is 0 Å². The predicted molar refractivity (Wildman–Crippen MR) is 58.0 cm³/mol. The van der Waals surface area contributed by atoms with E-state index in [4.69, 9.17) is 0 Å². The lowest BCUT2D eigenvalue weighted by atomic mass is 9.91. The summed E-state index contributed by atoms with van der Waals surface area (Å²) in [5.74, 6) is 0. The zero-order valence-electron chi connectivity index (χ0n) is 7.47. The third-order valence-corrected chi connectivity index (χ3v) is 3.22. The molecule has 11 heavy (non-hydrogen) atoms. The summed E-state index contributed by atoms with van der Waals surface area (Å²) in [6, 6.07) is 1.46. The van der Waals surface area contributed by atoms with Crippen molar-refractivity contribution in [2.45, 2.75) is 43.2 Å². The topological polar surface area (TPSA) is 3.24 Å². The third kappa shape index (κ3) is 1.71. The van der Waals surface area contributed by atoms with Crippen molar-refractivity contribution >= 4 is 22.6 Å². The van der Waals surface area contributed by atoms with Gasteiger partial charge in [-0.15, -0.1) is 0 Å². The fraction of sp³-hybridized carbons (Fsp3) is 0.778. The first kappa shape index (κ1) is 9.36. The van der Waals surface area contributed by atoms with Crippen LogP contribution in [0.5, 0.6) is 0 Å². The van der Waals surface area contributed by atoms with Crippen molar-refractivity contribution in [3.63, 3.8) is 0 Å². The quantitative estimate of drug-likeness (QED) is 0.548. The molecule has 1 rings (SSSR count). The summed E-state index contributed by atoms with van der Waals surface area (Å²) in [6.07, 6.45) is 1.33. The van der Waals surface area contributed by atoms with Gasteiger partial charge in [0.15, 0.2) is 0 Å². The van der Waals surface area contributed by atoms with E-state index < -0.39 is 0 Å². The first-order chi connectivity index (χ1) is 5.04. The van der Waals surface area contributed by atoms with Crippen LogP contribution in [0.15, 0.2) is 12.3 Å². The van der Waals surface area contributed by atoms with E-state index >= 15 is 0 Å². The highest BCUT2D eigenvalue weighted by Crippen LogP contribution is 2.33. The average Bonchev–Trinajstić information content (AvgIpc) is 1.80.